The Balaban J connectivity index is 0.00000192. The van der Waals surface area contributed by atoms with E-state index in [1.54, 1.807) is 6.20 Å². The molecule has 2 heterocycles. The molecule has 0 radical (unpaired) electrons. The number of halogens is 1. The lowest BCUT2D eigenvalue weighted by molar-refractivity contribution is 0.0930. The van der Waals surface area contributed by atoms with E-state index in [0.29, 0.717) is 12.1 Å². The predicted molar refractivity (Wildman–Crippen MR) is 93.1 cm³/mol. The average Bonchev–Trinajstić information content (AvgIpc) is 2.90. The van der Waals surface area contributed by atoms with Crippen molar-refractivity contribution in [3.8, 4) is 0 Å². The summed E-state index contributed by atoms with van der Waals surface area (Å²) >= 11 is 0. The predicted octanol–water partition coefficient (Wildman–Crippen LogP) is 2.14. The first-order valence-electron chi connectivity index (χ1n) is 7.82. The molecule has 2 N–H and O–H groups in total. The van der Waals surface area contributed by atoms with Crippen LogP contribution in [0.25, 0.3) is 0 Å². The van der Waals surface area contributed by atoms with Crippen LogP contribution in [0.5, 0.6) is 0 Å². The van der Waals surface area contributed by atoms with Crippen LogP contribution in [-0.2, 0) is 6.54 Å². The van der Waals surface area contributed by atoms with Gasteiger partial charge in [-0.15, -0.1) is 12.4 Å². The van der Waals surface area contributed by atoms with Crippen molar-refractivity contribution in [2.45, 2.75) is 32.4 Å². The number of nitrogens with zero attached hydrogens (tertiary/aromatic N) is 2. The molecule has 1 saturated heterocycles. The number of hydrogen-bond donors (Lipinski definition) is 2. The van der Waals surface area contributed by atoms with Crippen LogP contribution < -0.4 is 10.6 Å². The molecule has 0 bridgehead atoms. The molecule has 0 spiro atoms. The molecule has 1 aromatic heterocycles. The second-order valence-corrected chi connectivity index (χ2v) is 5.80. The molecule has 3 rings (SSSR count). The molecule has 1 aliphatic rings. The van der Waals surface area contributed by atoms with Crippen molar-refractivity contribution in [3.63, 3.8) is 0 Å². The maximum absolute atomic E-state index is 12.4. The van der Waals surface area contributed by atoms with Gasteiger partial charge in [0.25, 0.3) is 5.91 Å². The second kappa shape index (κ2) is 8.13. The van der Waals surface area contributed by atoms with Gasteiger partial charge in [-0.25, -0.2) is 0 Å². The summed E-state index contributed by atoms with van der Waals surface area (Å²) in [5, 5.41) is 10.8. The van der Waals surface area contributed by atoms with E-state index < -0.39 is 0 Å². The zero-order valence-electron chi connectivity index (χ0n) is 13.3. The number of rotatable bonds is 4. The van der Waals surface area contributed by atoms with E-state index in [2.05, 4.69) is 27.9 Å². The Morgan fingerprint density at radius 1 is 1.39 bits per heavy atom. The third kappa shape index (κ3) is 4.33. The summed E-state index contributed by atoms with van der Waals surface area (Å²) in [6.07, 6.45) is 3.82. The molecular formula is C17H23ClN4O. The van der Waals surface area contributed by atoms with Crippen molar-refractivity contribution < 1.29 is 4.79 Å². The van der Waals surface area contributed by atoms with Gasteiger partial charge in [-0.2, -0.15) is 5.10 Å². The van der Waals surface area contributed by atoms with Crippen LogP contribution in [0.3, 0.4) is 0 Å². The second-order valence-electron chi connectivity index (χ2n) is 5.80. The van der Waals surface area contributed by atoms with Gasteiger partial charge in [0.2, 0.25) is 0 Å². The van der Waals surface area contributed by atoms with Crippen molar-refractivity contribution in [1.82, 2.24) is 20.4 Å². The molecule has 1 unspecified atom stereocenters. The van der Waals surface area contributed by atoms with E-state index in [-0.39, 0.29) is 24.4 Å². The fourth-order valence-electron chi connectivity index (χ4n) is 2.82. The summed E-state index contributed by atoms with van der Waals surface area (Å²) in [7, 11) is 0. The first-order chi connectivity index (χ1) is 10.7. The normalized spacial score (nSPS) is 17.3. The number of aromatic nitrogens is 2. The number of carbonyl (C=O) groups is 1. The minimum absolute atomic E-state index is 0. The van der Waals surface area contributed by atoms with Crippen LogP contribution in [0.4, 0.5) is 0 Å². The minimum atomic E-state index is -0.0227. The molecule has 23 heavy (non-hydrogen) atoms. The number of carbonyl (C=O) groups excluding carboxylic acids is 1. The van der Waals surface area contributed by atoms with E-state index >= 15 is 0 Å². The van der Waals surface area contributed by atoms with Crippen molar-refractivity contribution in [2.24, 2.45) is 0 Å². The Hall–Kier alpha value is -1.85. The molecular weight excluding hydrogens is 312 g/mol. The fourth-order valence-corrected chi connectivity index (χ4v) is 2.82. The summed E-state index contributed by atoms with van der Waals surface area (Å²) < 4.78 is 1.88. The molecule has 1 fully saturated rings. The van der Waals surface area contributed by atoms with Gasteiger partial charge in [0.05, 0.1) is 18.3 Å². The quantitative estimate of drug-likeness (QED) is 0.900. The van der Waals surface area contributed by atoms with Gasteiger partial charge in [0.15, 0.2) is 0 Å². The number of piperidine rings is 1. The Morgan fingerprint density at radius 2 is 2.17 bits per heavy atom. The van der Waals surface area contributed by atoms with Crippen molar-refractivity contribution >= 4 is 18.3 Å². The van der Waals surface area contributed by atoms with E-state index in [9.17, 15) is 4.79 Å². The molecule has 1 aromatic carbocycles. The van der Waals surface area contributed by atoms with Crippen LogP contribution >= 0.6 is 12.4 Å². The molecule has 124 valence electrons. The van der Waals surface area contributed by atoms with E-state index in [4.69, 9.17) is 0 Å². The molecule has 1 amide bonds. The van der Waals surface area contributed by atoms with Crippen molar-refractivity contribution in [1.29, 1.82) is 0 Å². The highest BCUT2D eigenvalue weighted by Crippen LogP contribution is 2.11. The number of nitrogens with one attached hydrogen (secondary N) is 2. The molecule has 0 saturated carbocycles. The van der Waals surface area contributed by atoms with E-state index in [1.807, 2.05) is 29.8 Å². The third-order valence-electron chi connectivity index (χ3n) is 4.16. The average molecular weight is 335 g/mol. The van der Waals surface area contributed by atoms with Crippen LogP contribution in [-0.4, -0.2) is 34.8 Å². The van der Waals surface area contributed by atoms with E-state index in [0.717, 1.165) is 31.6 Å². The zero-order valence-corrected chi connectivity index (χ0v) is 14.1. The minimum Gasteiger partial charge on any atom is -0.348 e. The smallest absolute Gasteiger partial charge is 0.255 e. The van der Waals surface area contributed by atoms with Gasteiger partial charge in [-0.3, -0.25) is 9.48 Å². The van der Waals surface area contributed by atoms with Gasteiger partial charge in [0, 0.05) is 18.3 Å². The third-order valence-corrected chi connectivity index (χ3v) is 4.16. The van der Waals surface area contributed by atoms with Crippen LogP contribution in [0.15, 0.2) is 36.5 Å². The highest BCUT2D eigenvalue weighted by Gasteiger charge is 2.19. The molecule has 2 aromatic rings. The Bertz CT molecular complexity index is 635. The van der Waals surface area contributed by atoms with Crippen molar-refractivity contribution in [3.05, 3.63) is 53.3 Å². The lowest BCUT2D eigenvalue weighted by Gasteiger charge is -2.23. The van der Waals surface area contributed by atoms with Gasteiger partial charge in [0.1, 0.15) is 0 Å². The maximum Gasteiger partial charge on any atom is 0.255 e. The first-order valence-corrected chi connectivity index (χ1v) is 7.82. The molecule has 1 aliphatic heterocycles. The maximum atomic E-state index is 12.4. The van der Waals surface area contributed by atoms with Gasteiger partial charge in [-0.05, 0) is 31.9 Å². The van der Waals surface area contributed by atoms with E-state index in [1.165, 1.54) is 5.56 Å². The highest BCUT2D eigenvalue weighted by atomic mass is 35.5. The summed E-state index contributed by atoms with van der Waals surface area (Å²) in [5.41, 5.74) is 2.75. The standard InChI is InChI=1S/C17H22N4O.ClH/c1-13-16(17(22)20-15-8-5-9-18-10-15)11-19-21(13)12-14-6-3-2-4-7-14;/h2-4,6-7,11,15,18H,5,8-10,12H2,1H3,(H,20,22);1H. The lowest BCUT2D eigenvalue weighted by Crippen LogP contribution is -2.45. The summed E-state index contributed by atoms with van der Waals surface area (Å²) in [6.45, 7) is 4.53. The first kappa shape index (κ1) is 17.5. The molecule has 5 nitrogen and oxygen atoms in total. The van der Waals surface area contributed by atoms with Gasteiger partial charge < -0.3 is 10.6 Å². The Morgan fingerprint density at radius 3 is 2.87 bits per heavy atom. The molecule has 1 atom stereocenters. The Labute approximate surface area is 142 Å². The topological polar surface area (TPSA) is 59.0 Å². The monoisotopic (exact) mass is 334 g/mol. The summed E-state index contributed by atoms with van der Waals surface area (Å²) in [6, 6.07) is 10.4. The molecule has 0 aliphatic carbocycles. The van der Waals surface area contributed by atoms with Crippen molar-refractivity contribution in [2.75, 3.05) is 13.1 Å². The van der Waals surface area contributed by atoms with Gasteiger partial charge in [-0.1, -0.05) is 30.3 Å². The highest BCUT2D eigenvalue weighted by molar-refractivity contribution is 5.95. The fraction of sp³-hybridized carbons (Fsp3) is 0.412. The zero-order chi connectivity index (χ0) is 15.4. The largest absolute Gasteiger partial charge is 0.348 e. The van der Waals surface area contributed by atoms with Crippen LogP contribution in [0, 0.1) is 6.92 Å². The number of amides is 1. The van der Waals surface area contributed by atoms with Crippen LogP contribution in [0.1, 0.15) is 34.5 Å². The summed E-state index contributed by atoms with van der Waals surface area (Å²) in [4.78, 5) is 12.4. The number of hydrogen-bond acceptors (Lipinski definition) is 3. The van der Waals surface area contributed by atoms with Crippen LogP contribution in [0.2, 0.25) is 0 Å². The SMILES string of the molecule is Cc1c(C(=O)NC2CCCNC2)cnn1Cc1ccccc1.Cl. The van der Waals surface area contributed by atoms with Gasteiger partial charge >= 0.3 is 0 Å². The Kier molecular flexibility index (Phi) is 6.19. The number of benzene rings is 1. The molecule has 6 heteroatoms. The lowest BCUT2D eigenvalue weighted by atomic mass is 10.1. The summed E-state index contributed by atoms with van der Waals surface area (Å²) in [5.74, 6) is -0.0227.